The summed E-state index contributed by atoms with van der Waals surface area (Å²) in [5, 5.41) is 10.5. The highest BCUT2D eigenvalue weighted by molar-refractivity contribution is 7.10. The van der Waals surface area contributed by atoms with Crippen LogP contribution in [0.15, 0.2) is 83.5 Å². The van der Waals surface area contributed by atoms with Crippen LogP contribution in [-0.4, -0.2) is 10.8 Å². The van der Waals surface area contributed by atoms with Crippen molar-refractivity contribution in [1.29, 1.82) is 0 Å². The summed E-state index contributed by atoms with van der Waals surface area (Å²) in [4.78, 5) is 18.2. The van der Waals surface area contributed by atoms with E-state index < -0.39 is 0 Å². The van der Waals surface area contributed by atoms with Crippen LogP contribution in [0.1, 0.15) is 35.2 Å². The summed E-state index contributed by atoms with van der Waals surface area (Å²) in [7, 11) is 0. The third-order valence-electron chi connectivity index (χ3n) is 6.19. The SMILES string of the molecule is O=C1CC(c2cccs2)CC2=C1C(c1c[nH]c3ccccc13)Nc1ccccc1N2. The van der Waals surface area contributed by atoms with Crippen molar-refractivity contribution >= 4 is 39.4 Å². The molecule has 4 aromatic rings. The lowest BCUT2D eigenvalue weighted by Crippen LogP contribution is -2.26. The minimum Gasteiger partial charge on any atom is -0.372 e. The molecule has 2 aliphatic rings. The third kappa shape index (κ3) is 2.77. The van der Waals surface area contributed by atoms with E-state index in [1.165, 1.54) is 4.88 Å². The number of fused-ring (bicyclic) bond motifs is 2. The van der Waals surface area contributed by atoms with E-state index >= 15 is 0 Å². The average molecular weight is 412 g/mol. The molecule has 30 heavy (non-hydrogen) atoms. The largest absolute Gasteiger partial charge is 0.372 e. The number of benzene rings is 2. The zero-order valence-corrected chi connectivity index (χ0v) is 17.1. The number of anilines is 2. The number of hydrogen-bond acceptors (Lipinski definition) is 4. The Balaban J connectivity index is 1.52. The minimum atomic E-state index is -0.191. The lowest BCUT2D eigenvalue weighted by atomic mass is 9.81. The van der Waals surface area contributed by atoms with Gasteiger partial charge < -0.3 is 15.6 Å². The number of para-hydroxylation sites is 3. The second-order valence-electron chi connectivity index (χ2n) is 7.97. The Kier molecular flexibility index (Phi) is 4.03. The molecule has 2 aromatic carbocycles. The maximum absolute atomic E-state index is 13.5. The Morgan fingerprint density at radius 1 is 0.900 bits per heavy atom. The first-order valence-electron chi connectivity index (χ1n) is 10.3. The van der Waals surface area contributed by atoms with Crippen LogP contribution in [-0.2, 0) is 4.79 Å². The summed E-state index contributed by atoms with van der Waals surface area (Å²) in [6.45, 7) is 0. The predicted octanol–water partition coefficient (Wildman–Crippen LogP) is 6.21. The molecule has 5 heteroatoms. The Morgan fingerprint density at radius 3 is 2.60 bits per heavy atom. The Bertz CT molecular complexity index is 1280. The lowest BCUT2D eigenvalue weighted by Gasteiger charge is -2.29. The van der Waals surface area contributed by atoms with E-state index in [-0.39, 0.29) is 17.7 Å². The van der Waals surface area contributed by atoms with Gasteiger partial charge in [0.1, 0.15) is 0 Å². The quantitative estimate of drug-likeness (QED) is 0.368. The summed E-state index contributed by atoms with van der Waals surface area (Å²) < 4.78 is 0. The van der Waals surface area contributed by atoms with Crippen LogP contribution in [0.3, 0.4) is 0 Å². The van der Waals surface area contributed by atoms with Crippen molar-refractivity contribution in [2.24, 2.45) is 0 Å². The van der Waals surface area contributed by atoms with Gasteiger partial charge in [0.05, 0.1) is 17.4 Å². The van der Waals surface area contributed by atoms with Crippen molar-refractivity contribution in [2.75, 3.05) is 10.6 Å². The van der Waals surface area contributed by atoms with Gasteiger partial charge in [0, 0.05) is 51.1 Å². The fraction of sp³-hybridized carbons (Fsp3) is 0.160. The molecule has 0 spiro atoms. The Morgan fingerprint density at radius 2 is 1.73 bits per heavy atom. The van der Waals surface area contributed by atoms with Gasteiger partial charge in [-0.25, -0.2) is 0 Å². The number of Topliss-reactive ketones (excluding diaryl/α,β-unsaturated/α-hetero) is 1. The lowest BCUT2D eigenvalue weighted by molar-refractivity contribution is -0.116. The van der Waals surface area contributed by atoms with Crippen molar-refractivity contribution in [1.82, 2.24) is 4.98 Å². The van der Waals surface area contributed by atoms with Crippen molar-refractivity contribution in [3.63, 3.8) is 0 Å². The molecule has 0 saturated carbocycles. The van der Waals surface area contributed by atoms with Gasteiger partial charge in [0.25, 0.3) is 0 Å². The highest BCUT2D eigenvalue weighted by Gasteiger charge is 2.37. The van der Waals surface area contributed by atoms with E-state index in [4.69, 9.17) is 0 Å². The number of thiophene rings is 1. The molecule has 2 aromatic heterocycles. The molecule has 2 unspecified atom stereocenters. The van der Waals surface area contributed by atoms with Crippen LogP contribution in [0.4, 0.5) is 11.4 Å². The third-order valence-corrected chi connectivity index (χ3v) is 7.22. The van der Waals surface area contributed by atoms with Gasteiger partial charge in [0.2, 0.25) is 0 Å². The molecule has 3 heterocycles. The molecule has 148 valence electrons. The van der Waals surface area contributed by atoms with E-state index in [2.05, 4.69) is 57.4 Å². The smallest absolute Gasteiger partial charge is 0.163 e. The molecule has 0 amide bonds. The van der Waals surface area contributed by atoms with E-state index in [9.17, 15) is 4.79 Å². The maximum Gasteiger partial charge on any atom is 0.163 e. The summed E-state index contributed by atoms with van der Waals surface area (Å²) >= 11 is 1.74. The highest BCUT2D eigenvalue weighted by Crippen LogP contribution is 2.45. The molecule has 0 fully saturated rings. The monoisotopic (exact) mass is 411 g/mol. The van der Waals surface area contributed by atoms with Crippen molar-refractivity contribution in [3.05, 3.63) is 94.0 Å². The van der Waals surface area contributed by atoms with Crippen molar-refractivity contribution in [3.8, 4) is 0 Å². The number of allylic oxidation sites excluding steroid dienone is 1. The number of nitrogens with one attached hydrogen (secondary N) is 3. The van der Waals surface area contributed by atoms with Gasteiger partial charge in [0.15, 0.2) is 5.78 Å². The normalized spacial score (nSPS) is 20.9. The van der Waals surface area contributed by atoms with E-state index in [0.29, 0.717) is 6.42 Å². The molecule has 0 radical (unpaired) electrons. The Hall–Kier alpha value is -3.31. The minimum absolute atomic E-state index is 0.191. The van der Waals surface area contributed by atoms with E-state index in [1.807, 2.05) is 30.5 Å². The van der Waals surface area contributed by atoms with Gasteiger partial charge in [-0.3, -0.25) is 4.79 Å². The van der Waals surface area contributed by atoms with Crippen LogP contribution in [0.2, 0.25) is 0 Å². The Labute approximate surface area is 178 Å². The van der Waals surface area contributed by atoms with E-state index in [0.717, 1.165) is 45.5 Å². The number of aromatic amines is 1. The number of carbonyl (C=O) groups excluding carboxylic acids is 1. The van der Waals surface area contributed by atoms with Crippen molar-refractivity contribution < 1.29 is 4.79 Å². The number of hydrogen-bond donors (Lipinski definition) is 3. The molecular weight excluding hydrogens is 390 g/mol. The first kappa shape index (κ1) is 17.5. The van der Waals surface area contributed by atoms with Crippen LogP contribution < -0.4 is 10.6 Å². The first-order valence-corrected chi connectivity index (χ1v) is 11.1. The fourth-order valence-electron chi connectivity index (χ4n) is 4.78. The number of aromatic nitrogens is 1. The summed E-state index contributed by atoms with van der Waals surface area (Å²) in [5.74, 6) is 0.454. The molecule has 3 N–H and O–H groups in total. The molecule has 6 rings (SSSR count). The van der Waals surface area contributed by atoms with Gasteiger partial charge >= 0.3 is 0 Å². The van der Waals surface area contributed by atoms with Gasteiger partial charge in [-0.1, -0.05) is 36.4 Å². The second-order valence-corrected chi connectivity index (χ2v) is 8.95. The van der Waals surface area contributed by atoms with Crippen LogP contribution in [0.5, 0.6) is 0 Å². The molecule has 0 bridgehead atoms. The predicted molar refractivity (Wildman–Crippen MR) is 123 cm³/mol. The number of ketones is 1. The average Bonchev–Trinajstić information content (AvgIpc) is 3.41. The first-order chi connectivity index (χ1) is 14.8. The zero-order valence-electron chi connectivity index (χ0n) is 16.3. The highest BCUT2D eigenvalue weighted by atomic mass is 32.1. The van der Waals surface area contributed by atoms with Gasteiger partial charge in [-0.05, 0) is 36.1 Å². The van der Waals surface area contributed by atoms with Gasteiger partial charge in [-0.2, -0.15) is 0 Å². The van der Waals surface area contributed by atoms with Gasteiger partial charge in [-0.15, -0.1) is 11.3 Å². The summed E-state index contributed by atoms with van der Waals surface area (Å²) in [5.41, 5.74) is 6.14. The molecule has 4 nitrogen and oxygen atoms in total. The van der Waals surface area contributed by atoms with Crippen LogP contribution in [0, 0.1) is 0 Å². The standard InChI is InChI=1S/C25H21N3OS/c29-22-13-15(23-10-5-11-30-23)12-21-24(22)25(28-20-9-4-3-8-19(20)27-21)17-14-26-18-7-2-1-6-16(17)18/h1-11,14-15,25-28H,12-13H2. The molecule has 2 atom stereocenters. The van der Waals surface area contributed by atoms with Crippen LogP contribution in [0.25, 0.3) is 10.9 Å². The topological polar surface area (TPSA) is 56.9 Å². The number of H-pyrrole nitrogens is 1. The molecule has 1 aliphatic heterocycles. The van der Waals surface area contributed by atoms with E-state index in [1.54, 1.807) is 11.3 Å². The second kappa shape index (κ2) is 6.89. The molecule has 0 saturated heterocycles. The van der Waals surface area contributed by atoms with Crippen molar-refractivity contribution in [2.45, 2.75) is 24.8 Å². The molecular formula is C25H21N3OS. The number of carbonyl (C=O) groups is 1. The summed E-state index contributed by atoms with van der Waals surface area (Å²) in [6.07, 6.45) is 3.44. The molecule has 1 aliphatic carbocycles. The maximum atomic E-state index is 13.5. The zero-order chi connectivity index (χ0) is 20.1. The van der Waals surface area contributed by atoms with Crippen LogP contribution >= 0.6 is 11.3 Å². The number of rotatable bonds is 2. The summed E-state index contributed by atoms with van der Waals surface area (Å²) in [6, 6.07) is 20.5. The fourth-order valence-corrected chi connectivity index (χ4v) is 5.61.